The molecule has 15 heavy (non-hydrogen) atoms. The fourth-order valence-electron chi connectivity index (χ4n) is 1.77. The van der Waals surface area contributed by atoms with Gasteiger partial charge in [0, 0.05) is 5.56 Å². The third-order valence-corrected chi connectivity index (χ3v) is 2.49. The van der Waals surface area contributed by atoms with Gasteiger partial charge in [-0.05, 0) is 12.5 Å². The van der Waals surface area contributed by atoms with Crippen LogP contribution in [0.1, 0.15) is 23.5 Å². The largest absolute Gasteiger partial charge is 0.492 e. The predicted octanol–water partition coefficient (Wildman–Crippen LogP) is 1.51. The van der Waals surface area contributed by atoms with Crippen LogP contribution in [0.25, 0.3) is 0 Å². The van der Waals surface area contributed by atoms with Crippen molar-refractivity contribution in [3.05, 3.63) is 29.3 Å². The number of carboxylic acids is 1. The number of benzene rings is 1. The minimum atomic E-state index is -0.866. The molecule has 1 heterocycles. The normalized spacial score (nSPS) is 18.5. The fraction of sp³-hybridized carbons (Fsp3) is 0.273. The summed E-state index contributed by atoms with van der Waals surface area (Å²) >= 11 is 0. The monoisotopic (exact) mass is 203 g/mol. The Morgan fingerprint density at radius 2 is 2.40 bits per heavy atom. The van der Waals surface area contributed by atoms with E-state index in [1.54, 1.807) is 18.2 Å². The first-order valence-corrected chi connectivity index (χ1v) is 4.62. The first-order valence-electron chi connectivity index (χ1n) is 4.62. The molecule has 1 aliphatic rings. The van der Waals surface area contributed by atoms with Gasteiger partial charge in [0.15, 0.2) is 0 Å². The van der Waals surface area contributed by atoms with Crippen molar-refractivity contribution >= 4 is 5.97 Å². The number of hydrogen-bond donors (Lipinski definition) is 1. The highest BCUT2D eigenvalue weighted by atomic mass is 16.5. The van der Waals surface area contributed by atoms with Crippen molar-refractivity contribution in [1.29, 1.82) is 5.26 Å². The number of carboxylic acid groups (broad SMARTS) is 1. The van der Waals surface area contributed by atoms with Gasteiger partial charge in [0.1, 0.15) is 11.8 Å². The number of nitrogens with zero attached hydrogens (tertiary/aromatic N) is 1. The molecule has 0 spiro atoms. The number of hydrogen-bond acceptors (Lipinski definition) is 3. The lowest BCUT2D eigenvalue weighted by Gasteiger charge is -2.23. The summed E-state index contributed by atoms with van der Waals surface area (Å²) in [5.74, 6) is -0.990. The van der Waals surface area contributed by atoms with Crippen LogP contribution in [0.3, 0.4) is 0 Å². The van der Waals surface area contributed by atoms with E-state index >= 15 is 0 Å². The van der Waals surface area contributed by atoms with E-state index < -0.39 is 11.9 Å². The summed E-state index contributed by atoms with van der Waals surface area (Å²) in [6, 6.07) is 7.01. The van der Waals surface area contributed by atoms with Gasteiger partial charge in [0.05, 0.1) is 18.1 Å². The molecule has 0 aromatic heterocycles. The van der Waals surface area contributed by atoms with Gasteiger partial charge >= 0.3 is 5.97 Å². The summed E-state index contributed by atoms with van der Waals surface area (Å²) in [5, 5.41) is 17.9. The maximum absolute atomic E-state index is 11.0. The van der Waals surface area contributed by atoms with Crippen molar-refractivity contribution in [2.45, 2.75) is 12.3 Å². The van der Waals surface area contributed by atoms with Crippen LogP contribution in [0.5, 0.6) is 5.75 Å². The van der Waals surface area contributed by atoms with Crippen LogP contribution < -0.4 is 4.74 Å². The fourth-order valence-corrected chi connectivity index (χ4v) is 1.77. The molecule has 0 radical (unpaired) electrons. The van der Waals surface area contributed by atoms with Gasteiger partial charge in [-0.1, -0.05) is 12.1 Å². The second-order valence-corrected chi connectivity index (χ2v) is 3.36. The average molecular weight is 203 g/mol. The van der Waals surface area contributed by atoms with E-state index in [4.69, 9.17) is 15.1 Å². The van der Waals surface area contributed by atoms with Crippen LogP contribution in [-0.4, -0.2) is 17.7 Å². The SMILES string of the molecule is N#Cc1cccc2c1OCC[C@H]2C(=O)O. The highest BCUT2D eigenvalue weighted by Gasteiger charge is 2.28. The molecule has 1 N–H and O–H groups in total. The predicted molar refractivity (Wildman–Crippen MR) is 51.6 cm³/mol. The van der Waals surface area contributed by atoms with Gasteiger partial charge in [-0.25, -0.2) is 0 Å². The molecule has 0 aliphatic carbocycles. The third-order valence-electron chi connectivity index (χ3n) is 2.49. The summed E-state index contributed by atoms with van der Waals surface area (Å²) in [7, 11) is 0. The number of fused-ring (bicyclic) bond motifs is 1. The van der Waals surface area contributed by atoms with Crippen LogP contribution in [0.2, 0.25) is 0 Å². The second kappa shape index (κ2) is 3.62. The van der Waals surface area contributed by atoms with Gasteiger partial charge in [0.2, 0.25) is 0 Å². The molecular weight excluding hydrogens is 194 g/mol. The smallest absolute Gasteiger partial charge is 0.311 e. The van der Waals surface area contributed by atoms with Crippen molar-refractivity contribution in [2.24, 2.45) is 0 Å². The minimum absolute atomic E-state index is 0.350. The van der Waals surface area contributed by atoms with E-state index in [1.807, 2.05) is 6.07 Å². The zero-order valence-corrected chi connectivity index (χ0v) is 7.93. The molecule has 0 amide bonds. The molecule has 4 nitrogen and oxygen atoms in total. The lowest BCUT2D eigenvalue weighted by atomic mass is 9.92. The van der Waals surface area contributed by atoms with Crippen LogP contribution >= 0.6 is 0 Å². The molecule has 76 valence electrons. The lowest BCUT2D eigenvalue weighted by molar-refractivity contribution is -0.139. The zero-order valence-electron chi connectivity index (χ0n) is 7.93. The van der Waals surface area contributed by atoms with Crippen molar-refractivity contribution < 1.29 is 14.6 Å². The number of carbonyl (C=O) groups is 1. The van der Waals surface area contributed by atoms with Crippen LogP contribution in [0, 0.1) is 11.3 Å². The topological polar surface area (TPSA) is 70.3 Å². The van der Waals surface area contributed by atoms with Gasteiger partial charge in [-0.2, -0.15) is 5.26 Å². The molecule has 0 fully saturated rings. The summed E-state index contributed by atoms with van der Waals surface area (Å²) in [5.41, 5.74) is 1.01. The highest BCUT2D eigenvalue weighted by molar-refractivity contribution is 5.78. The Hall–Kier alpha value is -2.02. The maximum atomic E-state index is 11.0. The summed E-state index contributed by atoms with van der Waals surface area (Å²) < 4.78 is 5.34. The van der Waals surface area contributed by atoms with E-state index in [0.29, 0.717) is 29.9 Å². The molecule has 1 aromatic carbocycles. The van der Waals surface area contributed by atoms with Crippen molar-refractivity contribution in [1.82, 2.24) is 0 Å². The second-order valence-electron chi connectivity index (χ2n) is 3.36. The molecule has 0 saturated carbocycles. The van der Waals surface area contributed by atoms with Crippen molar-refractivity contribution in [3.8, 4) is 11.8 Å². The molecule has 4 heteroatoms. The van der Waals surface area contributed by atoms with E-state index in [1.165, 1.54) is 0 Å². The number of para-hydroxylation sites is 1. The zero-order chi connectivity index (χ0) is 10.8. The maximum Gasteiger partial charge on any atom is 0.311 e. The Morgan fingerprint density at radius 3 is 3.07 bits per heavy atom. The molecule has 0 bridgehead atoms. The number of aliphatic carboxylic acids is 1. The Labute approximate surface area is 86.7 Å². The molecular formula is C11H9NO3. The Kier molecular flexibility index (Phi) is 2.30. The molecule has 1 atom stereocenters. The highest BCUT2D eigenvalue weighted by Crippen LogP contribution is 2.35. The molecule has 0 saturated heterocycles. The van der Waals surface area contributed by atoms with Crippen molar-refractivity contribution in [3.63, 3.8) is 0 Å². The molecule has 1 aromatic rings. The third kappa shape index (κ3) is 1.52. The summed E-state index contributed by atoms with van der Waals surface area (Å²) in [6.07, 6.45) is 0.456. The summed E-state index contributed by atoms with van der Waals surface area (Å²) in [4.78, 5) is 11.0. The van der Waals surface area contributed by atoms with E-state index in [2.05, 4.69) is 0 Å². The Bertz CT molecular complexity index is 448. The Morgan fingerprint density at radius 1 is 1.60 bits per heavy atom. The van der Waals surface area contributed by atoms with Gasteiger partial charge in [0.25, 0.3) is 0 Å². The van der Waals surface area contributed by atoms with E-state index in [0.717, 1.165) is 0 Å². The lowest BCUT2D eigenvalue weighted by Crippen LogP contribution is -2.21. The van der Waals surface area contributed by atoms with Gasteiger partial charge in [-0.3, -0.25) is 4.79 Å². The first kappa shape index (κ1) is 9.53. The molecule has 1 aliphatic heterocycles. The first-order chi connectivity index (χ1) is 7.24. The summed E-state index contributed by atoms with van der Waals surface area (Å²) in [6.45, 7) is 0.350. The standard InChI is InChI=1S/C11H9NO3/c12-6-7-2-1-3-8-9(11(13)14)4-5-15-10(7)8/h1-3,9H,4-5H2,(H,13,14)/t9-/m1/s1. The quantitative estimate of drug-likeness (QED) is 0.751. The van der Waals surface area contributed by atoms with Crippen LogP contribution in [0.15, 0.2) is 18.2 Å². The van der Waals surface area contributed by atoms with Gasteiger partial charge < -0.3 is 9.84 Å². The van der Waals surface area contributed by atoms with Crippen LogP contribution in [-0.2, 0) is 4.79 Å². The number of ether oxygens (including phenoxy) is 1. The number of nitriles is 1. The van der Waals surface area contributed by atoms with E-state index in [-0.39, 0.29) is 0 Å². The van der Waals surface area contributed by atoms with E-state index in [9.17, 15) is 4.79 Å². The van der Waals surface area contributed by atoms with Crippen LogP contribution in [0.4, 0.5) is 0 Å². The molecule has 2 rings (SSSR count). The number of rotatable bonds is 1. The Balaban J connectivity index is 2.54. The average Bonchev–Trinajstić information content (AvgIpc) is 2.27. The minimum Gasteiger partial charge on any atom is -0.492 e. The van der Waals surface area contributed by atoms with Crippen molar-refractivity contribution in [2.75, 3.05) is 6.61 Å². The van der Waals surface area contributed by atoms with Gasteiger partial charge in [-0.15, -0.1) is 0 Å². The molecule has 0 unspecified atom stereocenters.